The lowest BCUT2D eigenvalue weighted by Gasteiger charge is -2.22. The molecule has 1 aromatic heterocycles. The molecule has 3 N–H and O–H groups in total. The standard InChI is InChI=1S/C22H29N3O4S/c1-5-29-22(28)20-19(16-9-7-6-8-10-16)15(4)30-21(20)24-18(27)13-25(11-14(2)3)12-17(23)26/h6-10,14H,5,11-13H2,1-4H3,(H2,23,26)(H,24,27). The van der Waals surface area contributed by atoms with Crippen LogP contribution < -0.4 is 11.1 Å². The molecule has 1 aromatic carbocycles. The van der Waals surface area contributed by atoms with Crippen LogP contribution in [0.15, 0.2) is 30.3 Å². The number of thiophene rings is 1. The van der Waals surface area contributed by atoms with Crippen molar-refractivity contribution >= 4 is 34.1 Å². The average Bonchev–Trinajstić information content (AvgIpc) is 2.97. The fourth-order valence-electron chi connectivity index (χ4n) is 3.27. The zero-order valence-corrected chi connectivity index (χ0v) is 18.7. The van der Waals surface area contributed by atoms with Crippen LogP contribution >= 0.6 is 11.3 Å². The van der Waals surface area contributed by atoms with Crippen LogP contribution in [-0.4, -0.2) is 48.9 Å². The molecule has 8 heteroatoms. The molecule has 2 aromatic rings. The third-order valence-electron chi connectivity index (χ3n) is 4.25. The second kappa shape index (κ2) is 10.9. The summed E-state index contributed by atoms with van der Waals surface area (Å²) in [4.78, 5) is 39.4. The normalized spacial score (nSPS) is 11.0. The molecule has 162 valence electrons. The third kappa shape index (κ3) is 6.40. The minimum atomic E-state index is -0.492. The Labute approximate surface area is 181 Å². The number of primary amides is 1. The molecule has 30 heavy (non-hydrogen) atoms. The predicted octanol–water partition coefficient (Wildman–Crippen LogP) is 3.28. The number of aryl methyl sites for hydroxylation is 1. The lowest BCUT2D eigenvalue weighted by molar-refractivity contribution is -0.121. The van der Waals surface area contributed by atoms with Crippen LogP contribution in [0, 0.1) is 12.8 Å². The minimum Gasteiger partial charge on any atom is -0.462 e. The molecule has 0 radical (unpaired) electrons. The largest absolute Gasteiger partial charge is 0.462 e. The molecule has 0 aliphatic heterocycles. The monoisotopic (exact) mass is 431 g/mol. The molecule has 1 heterocycles. The van der Waals surface area contributed by atoms with Crippen molar-refractivity contribution in [1.29, 1.82) is 0 Å². The number of ether oxygens (including phenoxy) is 1. The number of amides is 2. The second-order valence-electron chi connectivity index (χ2n) is 7.40. The summed E-state index contributed by atoms with van der Waals surface area (Å²) in [5.41, 5.74) is 7.30. The van der Waals surface area contributed by atoms with E-state index in [0.29, 0.717) is 17.1 Å². The van der Waals surface area contributed by atoms with Gasteiger partial charge in [-0.15, -0.1) is 11.3 Å². The highest BCUT2D eigenvalue weighted by Gasteiger charge is 2.26. The summed E-state index contributed by atoms with van der Waals surface area (Å²) in [5.74, 6) is -1.02. The summed E-state index contributed by atoms with van der Waals surface area (Å²) in [6, 6.07) is 9.53. The first-order chi connectivity index (χ1) is 14.2. The van der Waals surface area contributed by atoms with Gasteiger partial charge in [0.05, 0.1) is 19.7 Å². The molecule has 7 nitrogen and oxygen atoms in total. The van der Waals surface area contributed by atoms with E-state index in [2.05, 4.69) is 5.32 Å². The number of hydrogen-bond donors (Lipinski definition) is 2. The van der Waals surface area contributed by atoms with Crippen molar-refractivity contribution in [3.63, 3.8) is 0 Å². The second-order valence-corrected chi connectivity index (χ2v) is 8.63. The molecular formula is C22H29N3O4S. The van der Waals surface area contributed by atoms with Crippen molar-refractivity contribution in [2.45, 2.75) is 27.7 Å². The Morgan fingerprint density at radius 2 is 1.83 bits per heavy atom. The zero-order chi connectivity index (χ0) is 22.3. The summed E-state index contributed by atoms with van der Waals surface area (Å²) in [5, 5.41) is 3.29. The maximum absolute atomic E-state index is 12.7. The van der Waals surface area contributed by atoms with Crippen LogP contribution in [-0.2, 0) is 14.3 Å². The van der Waals surface area contributed by atoms with E-state index in [-0.39, 0.29) is 31.5 Å². The third-order valence-corrected chi connectivity index (χ3v) is 5.27. The van der Waals surface area contributed by atoms with Crippen molar-refractivity contribution in [1.82, 2.24) is 4.90 Å². The van der Waals surface area contributed by atoms with Crippen LogP contribution in [0.1, 0.15) is 36.0 Å². The number of anilines is 1. The van der Waals surface area contributed by atoms with E-state index in [1.54, 1.807) is 11.8 Å². The first kappa shape index (κ1) is 23.6. The summed E-state index contributed by atoms with van der Waals surface area (Å²) in [6.07, 6.45) is 0. The van der Waals surface area contributed by atoms with E-state index in [1.165, 1.54) is 11.3 Å². The van der Waals surface area contributed by atoms with Gasteiger partial charge in [0.15, 0.2) is 0 Å². The molecule has 0 bridgehead atoms. The van der Waals surface area contributed by atoms with E-state index >= 15 is 0 Å². The van der Waals surface area contributed by atoms with Gasteiger partial charge >= 0.3 is 5.97 Å². The van der Waals surface area contributed by atoms with Gasteiger partial charge in [-0.3, -0.25) is 14.5 Å². The Hall–Kier alpha value is -2.71. The van der Waals surface area contributed by atoms with Crippen LogP contribution in [0.25, 0.3) is 11.1 Å². The molecular weight excluding hydrogens is 402 g/mol. The Bertz CT molecular complexity index is 893. The Kier molecular flexibility index (Phi) is 8.56. The first-order valence-corrected chi connectivity index (χ1v) is 10.7. The number of carbonyl (C=O) groups excluding carboxylic acids is 3. The molecule has 0 fully saturated rings. The van der Waals surface area contributed by atoms with Crippen molar-refractivity contribution in [3.05, 3.63) is 40.8 Å². The van der Waals surface area contributed by atoms with Gasteiger partial charge in [-0.25, -0.2) is 4.79 Å². The fraction of sp³-hybridized carbons (Fsp3) is 0.409. The SMILES string of the molecule is CCOC(=O)c1c(NC(=O)CN(CC(N)=O)CC(C)C)sc(C)c1-c1ccccc1. The number of rotatable bonds is 10. The van der Waals surface area contributed by atoms with Crippen molar-refractivity contribution in [2.75, 3.05) is 31.6 Å². The van der Waals surface area contributed by atoms with Crippen molar-refractivity contribution in [3.8, 4) is 11.1 Å². The van der Waals surface area contributed by atoms with Gasteiger partial charge in [0.1, 0.15) is 10.6 Å². The first-order valence-electron chi connectivity index (χ1n) is 9.89. The van der Waals surface area contributed by atoms with Gasteiger partial charge in [-0.1, -0.05) is 44.2 Å². The molecule has 0 unspecified atom stereocenters. The molecule has 0 saturated carbocycles. The van der Waals surface area contributed by atoms with E-state index in [9.17, 15) is 14.4 Å². The van der Waals surface area contributed by atoms with Gasteiger partial charge in [0, 0.05) is 17.0 Å². The molecule has 2 rings (SSSR count). The summed E-state index contributed by atoms with van der Waals surface area (Å²) >= 11 is 1.33. The van der Waals surface area contributed by atoms with Gasteiger partial charge < -0.3 is 15.8 Å². The number of esters is 1. The molecule has 0 saturated heterocycles. The topological polar surface area (TPSA) is 102 Å². The highest BCUT2D eigenvalue weighted by Crippen LogP contribution is 2.40. The van der Waals surface area contributed by atoms with E-state index < -0.39 is 11.9 Å². The molecule has 0 spiro atoms. The Morgan fingerprint density at radius 1 is 1.17 bits per heavy atom. The lowest BCUT2D eigenvalue weighted by atomic mass is 10.0. The Balaban J connectivity index is 2.33. The molecule has 0 aliphatic carbocycles. The zero-order valence-electron chi connectivity index (χ0n) is 17.9. The van der Waals surface area contributed by atoms with Gasteiger partial charge in [0.2, 0.25) is 11.8 Å². The number of nitrogens with one attached hydrogen (secondary N) is 1. The van der Waals surface area contributed by atoms with Crippen LogP contribution in [0.5, 0.6) is 0 Å². The number of nitrogens with zero attached hydrogens (tertiary/aromatic N) is 1. The maximum Gasteiger partial charge on any atom is 0.341 e. The predicted molar refractivity (Wildman–Crippen MR) is 120 cm³/mol. The van der Waals surface area contributed by atoms with Crippen molar-refractivity contribution < 1.29 is 19.1 Å². The average molecular weight is 432 g/mol. The maximum atomic E-state index is 12.7. The summed E-state index contributed by atoms with van der Waals surface area (Å²) in [7, 11) is 0. The lowest BCUT2D eigenvalue weighted by Crippen LogP contribution is -2.41. The number of hydrogen-bond acceptors (Lipinski definition) is 6. The highest BCUT2D eigenvalue weighted by atomic mass is 32.1. The number of benzene rings is 1. The van der Waals surface area contributed by atoms with Gasteiger partial charge in [-0.05, 0) is 25.3 Å². The summed E-state index contributed by atoms with van der Waals surface area (Å²) in [6.45, 7) is 8.43. The molecule has 0 atom stereocenters. The quantitative estimate of drug-likeness (QED) is 0.562. The molecule has 0 aliphatic rings. The number of carbonyl (C=O) groups is 3. The van der Waals surface area contributed by atoms with E-state index in [0.717, 1.165) is 16.0 Å². The van der Waals surface area contributed by atoms with Crippen molar-refractivity contribution in [2.24, 2.45) is 11.7 Å². The summed E-state index contributed by atoms with van der Waals surface area (Å²) < 4.78 is 5.26. The Morgan fingerprint density at radius 3 is 2.40 bits per heavy atom. The van der Waals surface area contributed by atoms with Gasteiger partial charge in [-0.2, -0.15) is 0 Å². The van der Waals surface area contributed by atoms with Crippen LogP contribution in [0.2, 0.25) is 0 Å². The minimum absolute atomic E-state index is 0.000995. The van der Waals surface area contributed by atoms with E-state index in [1.807, 2.05) is 51.1 Å². The van der Waals surface area contributed by atoms with E-state index in [4.69, 9.17) is 10.5 Å². The number of nitrogens with two attached hydrogens (primary N) is 1. The van der Waals surface area contributed by atoms with Crippen LogP contribution in [0.4, 0.5) is 5.00 Å². The fourth-order valence-corrected chi connectivity index (χ4v) is 4.35. The van der Waals surface area contributed by atoms with Gasteiger partial charge in [0.25, 0.3) is 0 Å². The smallest absolute Gasteiger partial charge is 0.341 e. The molecule has 2 amide bonds. The highest BCUT2D eigenvalue weighted by molar-refractivity contribution is 7.17. The van der Waals surface area contributed by atoms with Crippen LogP contribution in [0.3, 0.4) is 0 Å².